The van der Waals surface area contributed by atoms with E-state index in [9.17, 15) is 0 Å². The van der Waals surface area contributed by atoms with Crippen LogP contribution in [0.1, 0.15) is 13.8 Å². The fourth-order valence-electron chi connectivity index (χ4n) is 0. The predicted octanol–water partition coefficient (Wildman–Crippen LogP) is 2.40. The third-order valence-corrected chi connectivity index (χ3v) is 0. The zero-order chi connectivity index (χ0) is 4.71. The summed E-state index contributed by atoms with van der Waals surface area (Å²) in [7, 11) is 9.71. The molecule has 0 nitrogen and oxygen atoms in total. The summed E-state index contributed by atoms with van der Waals surface area (Å²) in [6.45, 7) is 4.00. The van der Waals surface area contributed by atoms with Gasteiger partial charge in [-0.2, -0.15) is 0 Å². The molecule has 0 spiro atoms. The molecule has 36 valence electrons. The molecular weight excluding hydrogens is 196 g/mol. The molecule has 0 radical (unpaired) electrons. The predicted molar refractivity (Wildman–Crippen MR) is 23.1 cm³/mol. The van der Waals surface area contributed by atoms with E-state index in [2.05, 4.69) is 0 Å². The second-order valence-corrected chi connectivity index (χ2v) is 2.69. The van der Waals surface area contributed by atoms with Crippen LogP contribution in [-0.4, -0.2) is 0 Å². The van der Waals surface area contributed by atoms with Crippen molar-refractivity contribution in [2.24, 2.45) is 0 Å². The molecule has 0 saturated carbocycles. The molecule has 0 aliphatic carbocycles. The van der Waals surface area contributed by atoms with Crippen LogP contribution in [0.4, 0.5) is 0 Å². The summed E-state index contributed by atoms with van der Waals surface area (Å²) in [4.78, 5) is 0. The van der Waals surface area contributed by atoms with Crippen LogP contribution in [0.15, 0.2) is 0 Å². The quantitative estimate of drug-likeness (QED) is 0.529. The van der Waals surface area contributed by atoms with Crippen molar-refractivity contribution in [3.8, 4) is 0 Å². The molecule has 0 amide bonds. The van der Waals surface area contributed by atoms with Crippen LogP contribution in [0, 0.1) is 0 Å². The van der Waals surface area contributed by atoms with Gasteiger partial charge in [-0.1, -0.05) is 13.8 Å². The molecule has 0 N–H and O–H groups in total. The maximum atomic E-state index is 4.85. The Bertz CT molecular complexity index is 7.61. The van der Waals surface area contributed by atoms with Crippen molar-refractivity contribution < 1.29 is 15.1 Å². The Kier molecular flexibility index (Phi) is 36.0. The Morgan fingerprint density at radius 2 is 1.20 bits per heavy atom. The van der Waals surface area contributed by atoms with Crippen LogP contribution in [-0.2, 0) is 15.1 Å². The van der Waals surface area contributed by atoms with E-state index < -0.39 is 0 Å². The van der Waals surface area contributed by atoms with Crippen LogP contribution in [0.2, 0.25) is 0 Å². The van der Waals surface area contributed by atoms with Gasteiger partial charge in [-0.25, -0.2) is 0 Å². The van der Waals surface area contributed by atoms with Crippen molar-refractivity contribution in [2.45, 2.75) is 13.8 Å². The Labute approximate surface area is 48.5 Å². The summed E-state index contributed by atoms with van der Waals surface area (Å²) in [6.07, 6.45) is 0. The summed E-state index contributed by atoms with van der Waals surface area (Å²) in [5.41, 5.74) is 0. The van der Waals surface area contributed by atoms with Gasteiger partial charge >= 0.3 is 34.5 Å². The third-order valence-electron chi connectivity index (χ3n) is 0. The monoisotopic (exact) mass is 202 g/mol. The maximum absolute atomic E-state index is 4.85. The average Bonchev–Trinajstić information content (AvgIpc) is 1.46. The van der Waals surface area contributed by atoms with Gasteiger partial charge < -0.3 is 0 Å². The van der Waals surface area contributed by atoms with Gasteiger partial charge in [0, 0.05) is 0 Å². The SMILES string of the molecule is CC.[Cl][Ru][Cl]. The molecule has 0 aliphatic heterocycles. The number of rotatable bonds is 0. The van der Waals surface area contributed by atoms with E-state index in [0.29, 0.717) is 0 Å². The first kappa shape index (κ1) is 9.51. The topological polar surface area (TPSA) is 0 Å². The van der Waals surface area contributed by atoms with Gasteiger partial charge in [0.15, 0.2) is 0 Å². The first-order chi connectivity index (χ1) is 2.41. The molecule has 0 fully saturated rings. The minimum absolute atomic E-state index is 0.346. The zero-order valence-electron chi connectivity index (χ0n) is 3.11. The Morgan fingerprint density at radius 3 is 1.20 bits per heavy atom. The van der Waals surface area contributed by atoms with E-state index in [4.69, 9.17) is 19.4 Å². The zero-order valence-corrected chi connectivity index (χ0v) is 6.36. The number of hydrogen-bond donors (Lipinski definition) is 0. The van der Waals surface area contributed by atoms with E-state index in [1.165, 1.54) is 0 Å². The van der Waals surface area contributed by atoms with Gasteiger partial charge in [0.1, 0.15) is 0 Å². The molecule has 0 atom stereocenters. The standard InChI is InChI=1S/C2H6.2ClH.Ru/c1-2;;;/h1-2H3;2*1H;/q;;;+2/p-2. The van der Waals surface area contributed by atoms with Gasteiger partial charge in [-0.15, -0.1) is 0 Å². The molecule has 0 aromatic carbocycles. The van der Waals surface area contributed by atoms with E-state index in [1.807, 2.05) is 13.8 Å². The van der Waals surface area contributed by atoms with Gasteiger partial charge in [0.05, 0.1) is 0 Å². The van der Waals surface area contributed by atoms with Crippen LogP contribution < -0.4 is 0 Å². The first-order valence-corrected chi connectivity index (χ1v) is 5.74. The fraction of sp³-hybridized carbons (Fsp3) is 1.00. The number of hydrogen-bond acceptors (Lipinski definition) is 0. The van der Waals surface area contributed by atoms with Crippen LogP contribution in [0.25, 0.3) is 0 Å². The summed E-state index contributed by atoms with van der Waals surface area (Å²) in [5, 5.41) is 0. The molecule has 0 bridgehead atoms. The van der Waals surface area contributed by atoms with Crippen molar-refractivity contribution in [1.29, 1.82) is 0 Å². The second-order valence-electron chi connectivity index (χ2n) is 0.0505. The molecule has 0 unspecified atom stereocenters. The van der Waals surface area contributed by atoms with Gasteiger partial charge in [0.2, 0.25) is 0 Å². The van der Waals surface area contributed by atoms with Gasteiger partial charge in [0.25, 0.3) is 0 Å². The minimum atomic E-state index is -0.346. The number of halogens is 2. The Balaban J connectivity index is 0. The molecule has 0 saturated heterocycles. The van der Waals surface area contributed by atoms with Gasteiger partial charge in [-0.3, -0.25) is 0 Å². The van der Waals surface area contributed by atoms with Crippen LogP contribution >= 0.6 is 19.4 Å². The second kappa shape index (κ2) is 18.9. The molecule has 5 heavy (non-hydrogen) atoms. The molecule has 0 aromatic heterocycles. The third kappa shape index (κ3) is 36.9. The Hall–Kier alpha value is 1.20. The van der Waals surface area contributed by atoms with Crippen molar-refractivity contribution in [2.75, 3.05) is 0 Å². The van der Waals surface area contributed by atoms with Crippen molar-refractivity contribution in [3.63, 3.8) is 0 Å². The summed E-state index contributed by atoms with van der Waals surface area (Å²) in [6, 6.07) is 0. The van der Waals surface area contributed by atoms with Crippen molar-refractivity contribution in [1.82, 2.24) is 0 Å². The normalized spacial score (nSPS) is 5.60. The van der Waals surface area contributed by atoms with Crippen molar-refractivity contribution in [3.05, 3.63) is 0 Å². The van der Waals surface area contributed by atoms with E-state index >= 15 is 0 Å². The molecular formula is C2H6Cl2Ru. The molecule has 3 heteroatoms. The average molecular weight is 202 g/mol. The first-order valence-electron chi connectivity index (χ1n) is 1.27. The van der Waals surface area contributed by atoms with E-state index in [-0.39, 0.29) is 15.1 Å². The van der Waals surface area contributed by atoms with Crippen LogP contribution in [0.3, 0.4) is 0 Å². The fourth-order valence-corrected chi connectivity index (χ4v) is 0. The van der Waals surface area contributed by atoms with Crippen molar-refractivity contribution >= 4 is 19.4 Å². The summed E-state index contributed by atoms with van der Waals surface area (Å²) < 4.78 is 0. The molecule has 0 rings (SSSR count). The van der Waals surface area contributed by atoms with Gasteiger partial charge in [-0.05, 0) is 0 Å². The Morgan fingerprint density at radius 1 is 1.20 bits per heavy atom. The molecule has 0 heterocycles. The van der Waals surface area contributed by atoms with E-state index in [0.717, 1.165) is 0 Å². The summed E-state index contributed by atoms with van der Waals surface area (Å²) >= 11 is -0.346. The van der Waals surface area contributed by atoms with Crippen LogP contribution in [0.5, 0.6) is 0 Å². The molecule has 0 aliphatic rings. The van der Waals surface area contributed by atoms with E-state index in [1.54, 1.807) is 0 Å². The molecule has 0 aromatic rings. The summed E-state index contributed by atoms with van der Waals surface area (Å²) in [5.74, 6) is 0.